The number of carbonyl (C=O) groups excluding carboxylic acids is 1. The Morgan fingerprint density at radius 1 is 1.43 bits per heavy atom. The van der Waals surface area contributed by atoms with Gasteiger partial charge in [-0.1, -0.05) is 35.9 Å². The monoisotopic (exact) mass is 304 g/mol. The first kappa shape index (κ1) is 14.3. The predicted octanol–water partition coefficient (Wildman–Crippen LogP) is 3.14. The normalized spacial score (nSPS) is 21.7. The second-order valence-electron chi connectivity index (χ2n) is 5.37. The summed E-state index contributed by atoms with van der Waals surface area (Å²) >= 11 is 6.19. The van der Waals surface area contributed by atoms with Gasteiger partial charge in [-0.05, 0) is 24.8 Å². The molecule has 0 radical (unpaired) electrons. The molecule has 1 aromatic carbocycles. The summed E-state index contributed by atoms with van der Waals surface area (Å²) in [6.07, 6.45) is 0.903. The van der Waals surface area contributed by atoms with Crippen LogP contribution in [0.25, 0.3) is 10.8 Å². The molecule has 1 saturated heterocycles. The number of ether oxygens (including phenoxy) is 1. The van der Waals surface area contributed by atoms with Crippen LogP contribution in [-0.2, 0) is 4.74 Å². The van der Waals surface area contributed by atoms with Crippen LogP contribution in [0, 0.1) is 0 Å². The van der Waals surface area contributed by atoms with Crippen molar-refractivity contribution in [2.45, 2.75) is 25.5 Å². The second kappa shape index (κ2) is 5.62. The number of likely N-dealkylation sites (N-methyl/N-ethyl adjacent to an activating group) is 1. The van der Waals surface area contributed by atoms with E-state index in [1.54, 1.807) is 18.0 Å². The van der Waals surface area contributed by atoms with Crippen molar-refractivity contribution in [2.24, 2.45) is 0 Å². The standard InChI is InChI=1S/C16H17ClN2O2/c1-10-14(7-8-21-10)19(2)16(20)13-9-11-5-3-4-6-12(11)15(17)18-13/h3-6,9-10,14H,7-8H2,1-2H3. The number of hydrogen-bond acceptors (Lipinski definition) is 3. The van der Waals surface area contributed by atoms with Gasteiger partial charge in [-0.15, -0.1) is 0 Å². The predicted molar refractivity (Wildman–Crippen MR) is 82.7 cm³/mol. The Morgan fingerprint density at radius 2 is 2.19 bits per heavy atom. The number of pyridine rings is 1. The Kier molecular flexibility index (Phi) is 3.83. The van der Waals surface area contributed by atoms with Crippen molar-refractivity contribution >= 4 is 28.3 Å². The van der Waals surface area contributed by atoms with Gasteiger partial charge in [-0.3, -0.25) is 4.79 Å². The van der Waals surface area contributed by atoms with Gasteiger partial charge in [0.25, 0.3) is 5.91 Å². The SMILES string of the molecule is CC1OCCC1N(C)C(=O)c1cc2ccccc2c(Cl)n1. The molecule has 2 unspecified atom stereocenters. The molecular weight excluding hydrogens is 288 g/mol. The third-order valence-corrected chi connectivity index (χ3v) is 4.36. The van der Waals surface area contributed by atoms with Crippen LogP contribution in [0.1, 0.15) is 23.8 Å². The van der Waals surface area contributed by atoms with Crippen LogP contribution in [-0.4, -0.2) is 41.6 Å². The highest BCUT2D eigenvalue weighted by atomic mass is 35.5. The maximum atomic E-state index is 12.6. The Bertz CT molecular complexity index is 689. The molecule has 3 rings (SSSR count). The molecule has 2 atom stereocenters. The quantitative estimate of drug-likeness (QED) is 0.801. The van der Waals surface area contributed by atoms with Crippen LogP contribution in [0.4, 0.5) is 0 Å². The summed E-state index contributed by atoms with van der Waals surface area (Å²) < 4.78 is 5.53. The van der Waals surface area contributed by atoms with Crippen molar-refractivity contribution < 1.29 is 9.53 Å². The lowest BCUT2D eigenvalue weighted by molar-refractivity contribution is 0.0570. The van der Waals surface area contributed by atoms with Crippen molar-refractivity contribution in [2.75, 3.05) is 13.7 Å². The van der Waals surface area contributed by atoms with Crippen molar-refractivity contribution in [3.63, 3.8) is 0 Å². The number of amides is 1. The van der Waals surface area contributed by atoms with E-state index in [9.17, 15) is 4.79 Å². The number of carbonyl (C=O) groups is 1. The van der Waals surface area contributed by atoms with E-state index < -0.39 is 0 Å². The number of aromatic nitrogens is 1. The molecule has 2 heterocycles. The fourth-order valence-electron chi connectivity index (χ4n) is 2.83. The number of nitrogens with zero attached hydrogens (tertiary/aromatic N) is 2. The van der Waals surface area contributed by atoms with E-state index in [4.69, 9.17) is 16.3 Å². The van der Waals surface area contributed by atoms with E-state index in [1.165, 1.54) is 0 Å². The van der Waals surface area contributed by atoms with Crippen molar-refractivity contribution in [1.82, 2.24) is 9.88 Å². The highest BCUT2D eigenvalue weighted by Crippen LogP contribution is 2.24. The minimum absolute atomic E-state index is 0.0508. The minimum Gasteiger partial charge on any atom is -0.376 e. The zero-order valence-corrected chi connectivity index (χ0v) is 12.8. The van der Waals surface area contributed by atoms with E-state index >= 15 is 0 Å². The molecule has 0 N–H and O–H groups in total. The third kappa shape index (κ3) is 2.61. The molecule has 21 heavy (non-hydrogen) atoms. The summed E-state index contributed by atoms with van der Waals surface area (Å²) in [5.74, 6) is -0.120. The lowest BCUT2D eigenvalue weighted by atomic mass is 10.1. The molecule has 0 bridgehead atoms. The first-order valence-electron chi connectivity index (χ1n) is 7.02. The Morgan fingerprint density at radius 3 is 2.90 bits per heavy atom. The maximum absolute atomic E-state index is 12.6. The smallest absolute Gasteiger partial charge is 0.272 e. The first-order chi connectivity index (χ1) is 10.1. The fourth-order valence-corrected chi connectivity index (χ4v) is 3.09. The molecule has 5 heteroatoms. The molecule has 0 spiro atoms. The number of hydrogen-bond donors (Lipinski definition) is 0. The summed E-state index contributed by atoms with van der Waals surface area (Å²) in [5.41, 5.74) is 0.375. The molecule has 0 aliphatic carbocycles. The summed E-state index contributed by atoms with van der Waals surface area (Å²) in [6.45, 7) is 2.68. The van der Waals surface area contributed by atoms with E-state index in [2.05, 4.69) is 4.98 Å². The first-order valence-corrected chi connectivity index (χ1v) is 7.40. The average molecular weight is 305 g/mol. The second-order valence-corrected chi connectivity index (χ2v) is 5.73. The Labute approximate surface area is 128 Å². The summed E-state index contributed by atoms with van der Waals surface area (Å²) in [4.78, 5) is 18.6. The molecule has 1 amide bonds. The Balaban J connectivity index is 1.94. The number of halogens is 1. The van der Waals surface area contributed by atoms with Crippen molar-refractivity contribution in [1.29, 1.82) is 0 Å². The third-order valence-electron chi connectivity index (χ3n) is 4.07. The maximum Gasteiger partial charge on any atom is 0.272 e. The van der Waals surface area contributed by atoms with Gasteiger partial charge in [0.15, 0.2) is 0 Å². The van der Waals surface area contributed by atoms with Crippen LogP contribution < -0.4 is 0 Å². The zero-order chi connectivity index (χ0) is 15.0. The molecular formula is C16H17ClN2O2. The van der Waals surface area contributed by atoms with Crippen LogP contribution in [0.2, 0.25) is 5.15 Å². The molecule has 0 saturated carbocycles. The van der Waals surface area contributed by atoms with Crippen molar-refractivity contribution in [3.05, 3.63) is 41.2 Å². The molecule has 4 nitrogen and oxygen atoms in total. The van der Waals surface area contributed by atoms with Crippen molar-refractivity contribution in [3.8, 4) is 0 Å². The van der Waals surface area contributed by atoms with Gasteiger partial charge < -0.3 is 9.64 Å². The molecule has 1 aliphatic heterocycles. The summed E-state index contributed by atoms with van der Waals surface area (Å²) in [6, 6.07) is 9.53. The zero-order valence-electron chi connectivity index (χ0n) is 12.0. The van der Waals surface area contributed by atoms with Gasteiger partial charge in [0.2, 0.25) is 0 Å². The van der Waals surface area contributed by atoms with E-state index in [0.717, 1.165) is 17.2 Å². The van der Waals surface area contributed by atoms with Crippen LogP contribution in [0.5, 0.6) is 0 Å². The van der Waals surface area contributed by atoms with Crippen LogP contribution in [0.15, 0.2) is 30.3 Å². The minimum atomic E-state index is -0.120. The van der Waals surface area contributed by atoms with Gasteiger partial charge in [0.1, 0.15) is 10.8 Å². The van der Waals surface area contributed by atoms with E-state index in [1.807, 2.05) is 31.2 Å². The van der Waals surface area contributed by atoms with E-state index in [0.29, 0.717) is 17.5 Å². The molecule has 1 aromatic heterocycles. The topological polar surface area (TPSA) is 42.4 Å². The van der Waals surface area contributed by atoms with E-state index in [-0.39, 0.29) is 18.1 Å². The number of benzene rings is 1. The van der Waals surface area contributed by atoms with Gasteiger partial charge in [0.05, 0.1) is 12.1 Å². The average Bonchev–Trinajstić information content (AvgIpc) is 2.92. The van der Waals surface area contributed by atoms with Crippen LogP contribution >= 0.6 is 11.6 Å². The summed E-state index contributed by atoms with van der Waals surface area (Å²) in [5, 5.41) is 2.14. The number of rotatable bonds is 2. The van der Waals surface area contributed by atoms with Gasteiger partial charge in [-0.25, -0.2) is 4.98 Å². The lowest BCUT2D eigenvalue weighted by Gasteiger charge is -2.26. The molecule has 1 aliphatic rings. The summed E-state index contributed by atoms with van der Waals surface area (Å²) in [7, 11) is 1.79. The molecule has 1 fully saturated rings. The highest BCUT2D eigenvalue weighted by Gasteiger charge is 2.31. The van der Waals surface area contributed by atoms with Gasteiger partial charge in [0, 0.05) is 19.0 Å². The molecule has 2 aromatic rings. The Hall–Kier alpha value is -1.65. The number of fused-ring (bicyclic) bond motifs is 1. The molecule has 110 valence electrons. The largest absolute Gasteiger partial charge is 0.376 e. The highest BCUT2D eigenvalue weighted by molar-refractivity contribution is 6.34. The van der Waals surface area contributed by atoms with Gasteiger partial charge in [-0.2, -0.15) is 0 Å². The fraction of sp³-hybridized carbons (Fsp3) is 0.375. The van der Waals surface area contributed by atoms with Crippen LogP contribution in [0.3, 0.4) is 0 Å². The lowest BCUT2D eigenvalue weighted by Crippen LogP contribution is -2.41. The van der Waals surface area contributed by atoms with Gasteiger partial charge >= 0.3 is 0 Å².